The Balaban J connectivity index is 1.91. The second kappa shape index (κ2) is 4.31. The van der Waals surface area contributed by atoms with Crippen LogP contribution in [0.25, 0.3) is 0 Å². The summed E-state index contributed by atoms with van der Waals surface area (Å²) in [6.45, 7) is 4.70. The molecule has 3 rings (SSSR count). The van der Waals surface area contributed by atoms with E-state index in [1.807, 2.05) is 11.3 Å². The van der Waals surface area contributed by atoms with E-state index in [-0.39, 0.29) is 5.54 Å². The molecule has 2 aliphatic carbocycles. The quantitative estimate of drug-likeness (QED) is 0.838. The molecule has 18 heavy (non-hydrogen) atoms. The van der Waals surface area contributed by atoms with Gasteiger partial charge in [0.2, 0.25) is 0 Å². The zero-order valence-electron chi connectivity index (χ0n) is 11.6. The van der Waals surface area contributed by atoms with Gasteiger partial charge in [0, 0.05) is 4.88 Å². The smallest absolute Gasteiger partial charge is 0.113 e. The summed E-state index contributed by atoms with van der Waals surface area (Å²) < 4.78 is 0. The Hall–Kier alpha value is -0.410. The van der Waals surface area contributed by atoms with Crippen LogP contribution in [0, 0.1) is 5.41 Å². The van der Waals surface area contributed by atoms with E-state index in [1.165, 1.54) is 54.1 Å². The number of hydrogen-bond acceptors (Lipinski definition) is 3. The van der Waals surface area contributed by atoms with Crippen molar-refractivity contribution in [3.63, 3.8) is 0 Å². The van der Waals surface area contributed by atoms with Crippen LogP contribution < -0.4 is 5.73 Å². The van der Waals surface area contributed by atoms with Crippen LogP contribution in [0.3, 0.4) is 0 Å². The molecular weight excluding hydrogens is 240 g/mol. The van der Waals surface area contributed by atoms with Crippen LogP contribution >= 0.6 is 11.3 Å². The van der Waals surface area contributed by atoms with Gasteiger partial charge in [-0.2, -0.15) is 0 Å². The molecule has 100 valence electrons. The summed E-state index contributed by atoms with van der Waals surface area (Å²) in [6.07, 6.45) is 9.79. The van der Waals surface area contributed by atoms with E-state index in [1.54, 1.807) is 0 Å². The third-order valence-electron chi connectivity index (χ3n) is 4.54. The number of thiazole rings is 1. The SMILES string of the molecule is CC1(C)CCCC(N)(c2nc3c(s2)CCCC3)C1. The molecule has 3 heteroatoms. The second-order valence-electron chi connectivity index (χ2n) is 6.95. The fourth-order valence-electron chi connectivity index (χ4n) is 3.66. The molecule has 2 aliphatic rings. The maximum Gasteiger partial charge on any atom is 0.113 e. The van der Waals surface area contributed by atoms with Crippen molar-refractivity contribution in [3.8, 4) is 0 Å². The molecule has 1 saturated carbocycles. The lowest BCUT2D eigenvalue weighted by atomic mass is 9.69. The second-order valence-corrected chi connectivity index (χ2v) is 8.03. The lowest BCUT2D eigenvalue weighted by molar-refractivity contribution is 0.151. The Kier molecular flexibility index (Phi) is 3.02. The highest BCUT2D eigenvalue weighted by atomic mass is 32.1. The molecule has 1 fully saturated rings. The molecular formula is C15H24N2S. The van der Waals surface area contributed by atoms with Crippen molar-refractivity contribution in [1.29, 1.82) is 0 Å². The van der Waals surface area contributed by atoms with Gasteiger partial charge in [0.1, 0.15) is 5.01 Å². The molecule has 1 aromatic heterocycles. The van der Waals surface area contributed by atoms with Gasteiger partial charge in [0.05, 0.1) is 11.2 Å². The fraction of sp³-hybridized carbons (Fsp3) is 0.800. The van der Waals surface area contributed by atoms with Gasteiger partial charge in [-0.3, -0.25) is 0 Å². The highest BCUT2D eigenvalue weighted by molar-refractivity contribution is 7.11. The summed E-state index contributed by atoms with van der Waals surface area (Å²) in [4.78, 5) is 6.42. The van der Waals surface area contributed by atoms with Crippen molar-refractivity contribution in [2.24, 2.45) is 11.1 Å². The van der Waals surface area contributed by atoms with Gasteiger partial charge < -0.3 is 5.73 Å². The molecule has 0 aromatic carbocycles. The van der Waals surface area contributed by atoms with E-state index in [9.17, 15) is 0 Å². The molecule has 0 saturated heterocycles. The van der Waals surface area contributed by atoms with Crippen molar-refractivity contribution in [2.75, 3.05) is 0 Å². The minimum atomic E-state index is -0.149. The van der Waals surface area contributed by atoms with Crippen molar-refractivity contribution in [2.45, 2.75) is 70.8 Å². The van der Waals surface area contributed by atoms with Gasteiger partial charge in [0.15, 0.2) is 0 Å². The highest BCUT2D eigenvalue weighted by Gasteiger charge is 2.40. The minimum Gasteiger partial charge on any atom is -0.319 e. The first-order valence-electron chi connectivity index (χ1n) is 7.27. The van der Waals surface area contributed by atoms with Gasteiger partial charge in [-0.15, -0.1) is 11.3 Å². The number of aromatic nitrogens is 1. The molecule has 0 bridgehead atoms. The summed E-state index contributed by atoms with van der Waals surface area (Å²) in [6, 6.07) is 0. The first kappa shape index (κ1) is 12.6. The summed E-state index contributed by atoms with van der Waals surface area (Å²) in [7, 11) is 0. The lowest BCUT2D eigenvalue weighted by Gasteiger charge is -2.41. The van der Waals surface area contributed by atoms with E-state index < -0.39 is 0 Å². The van der Waals surface area contributed by atoms with Crippen molar-refractivity contribution >= 4 is 11.3 Å². The Morgan fingerprint density at radius 3 is 2.61 bits per heavy atom. The predicted octanol–water partition coefficient (Wildman–Crippen LogP) is 3.78. The number of aryl methyl sites for hydroxylation is 2. The highest BCUT2D eigenvalue weighted by Crippen LogP contribution is 2.46. The van der Waals surface area contributed by atoms with E-state index in [0.29, 0.717) is 5.41 Å². The van der Waals surface area contributed by atoms with Gasteiger partial charge >= 0.3 is 0 Å². The average Bonchev–Trinajstić information content (AvgIpc) is 2.71. The van der Waals surface area contributed by atoms with Crippen molar-refractivity contribution < 1.29 is 0 Å². The molecule has 2 nitrogen and oxygen atoms in total. The lowest BCUT2D eigenvalue weighted by Crippen LogP contribution is -2.44. The monoisotopic (exact) mass is 264 g/mol. The summed E-state index contributed by atoms with van der Waals surface area (Å²) in [5.74, 6) is 0. The third-order valence-corrected chi connectivity index (χ3v) is 5.92. The summed E-state index contributed by atoms with van der Waals surface area (Å²) in [5.41, 5.74) is 8.30. The molecule has 2 N–H and O–H groups in total. The van der Waals surface area contributed by atoms with Gasteiger partial charge in [0.25, 0.3) is 0 Å². The van der Waals surface area contributed by atoms with Crippen LogP contribution in [0.2, 0.25) is 0 Å². The van der Waals surface area contributed by atoms with Crippen LogP contribution in [-0.2, 0) is 18.4 Å². The van der Waals surface area contributed by atoms with Crippen LogP contribution in [0.1, 0.15) is 68.0 Å². The van der Waals surface area contributed by atoms with Crippen molar-refractivity contribution in [3.05, 3.63) is 15.6 Å². The Morgan fingerprint density at radius 2 is 1.89 bits per heavy atom. The van der Waals surface area contributed by atoms with E-state index >= 15 is 0 Å². The average molecular weight is 264 g/mol. The topological polar surface area (TPSA) is 38.9 Å². The molecule has 0 radical (unpaired) electrons. The van der Waals surface area contributed by atoms with Crippen LogP contribution in [0.4, 0.5) is 0 Å². The standard InChI is InChI=1S/C15H24N2S/c1-14(2)8-5-9-15(16,10-14)13-17-11-6-3-4-7-12(11)18-13/h3-10,16H2,1-2H3. The molecule has 0 aliphatic heterocycles. The largest absolute Gasteiger partial charge is 0.319 e. The molecule has 0 spiro atoms. The van der Waals surface area contributed by atoms with Gasteiger partial charge in [-0.25, -0.2) is 4.98 Å². The minimum absolute atomic E-state index is 0.149. The summed E-state index contributed by atoms with van der Waals surface area (Å²) >= 11 is 1.91. The van der Waals surface area contributed by atoms with E-state index in [0.717, 1.165) is 12.8 Å². The van der Waals surface area contributed by atoms with Crippen molar-refractivity contribution in [1.82, 2.24) is 4.98 Å². The fourth-order valence-corrected chi connectivity index (χ4v) is 4.94. The molecule has 1 unspecified atom stereocenters. The molecule has 1 heterocycles. The first-order chi connectivity index (χ1) is 8.49. The number of hydrogen-bond donors (Lipinski definition) is 1. The van der Waals surface area contributed by atoms with Crippen LogP contribution in [0.15, 0.2) is 0 Å². The molecule has 1 atom stereocenters. The first-order valence-corrected chi connectivity index (χ1v) is 8.08. The Morgan fingerprint density at radius 1 is 1.11 bits per heavy atom. The van der Waals surface area contributed by atoms with E-state index in [2.05, 4.69) is 13.8 Å². The van der Waals surface area contributed by atoms with E-state index in [4.69, 9.17) is 10.7 Å². The number of fused-ring (bicyclic) bond motifs is 1. The third kappa shape index (κ3) is 2.23. The zero-order valence-corrected chi connectivity index (χ0v) is 12.4. The normalized spacial score (nSPS) is 31.1. The number of nitrogens with two attached hydrogens (primary N) is 1. The Bertz CT molecular complexity index is 426. The van der Waals surface area contributed by atoms with Gasteiger partial charge in [-0.1, -0.05) is 20.3 Å². The van der Waals surface area contributed by atoms with Crippen LogP contribution in [-0.4, -0.2) is 4.98 Å². The number of rotatable bonds is 1. The molecule has 0 amide bonds. The predicted molar refractivity (Wildman–Crippen MR) is 76.9 cm³/mol. The maximum atomic E-state index is 6.72. The van der Waals surface area contributed by atoms with Gasteiger partial charge in [-0.05, 0) is 50.4 Å². The Labute approximate surface area is 114 Å². The zero-order chi connectivity index (χ0) is 12.8. The maximum absolute atomic E-state index is 6.72. The number of nitrogens with zero attached hydrogens (tertiary/aromatic N) is 1. The summed E-state index contributed by atoms with van der Waals surface area (Å²) in [5, 5.41) is 1.22. The molecule has 1 aromatic rings. The van der Waals surface area contributed by atoms with Crippen LogP contribution in [0.5, 0.6) is 0 Å².